The van der Waals surface area contributed by atoms with Crippen LogP contribution in [-0.2, 0) is 22.4 Å². The van der Waals surface area contributed by atoms with Gasteiger partial charge < -0.3 is 51.6 Å². The predicted octanol–water partition coefficient (Wildman–Crippen LogP) is 3.38. The minimum atomic E-state index is -0.380. The van der Waals surface area contributed by atoms with Crippen LogP contribution in [0.15, 0.2) is 48.5 Å². The summed E-state index contributed by atoms with van der Waals surface area (Å²) in [6, 6.07) is 16.5. The van der Waals surface area contributed by atoms with Gasteiger partial charge in [-0.05, 0) is 127 Å². The Morgan fingerprint density at radius 2 is 1.23 bits per heavy atom. The van der Waals surface area contributed by atoms with E-state index in [0.717, 1.165) is 116 Å². The molecule has 1 aromatic heterocycles. The number of nitrogens with one attached hydrogen (secondary N) is 4. The molecular weight excluding hydrogens is 831 g/mol. The van der Waals surface area contributed by atoms with Crippen molar-refractivity contribution in [3.05, 3.63) is 70.5 Å². The quantitative estimate of drug-likeness (QED) is 0.116. The van der Waals surface area contributed by atoms with E-state index >= 15 is 0 Å². The first-order valence-electron chi connectivity index (χ1n) is 21.9. The number of amides is 3. The van der Waals surface area contributed by atoms with Gasteiger partial charge in [0.05, 0.1) is 25.7 Å². The first kappa shape index (κ1) is 50.2. The molecule has 3 aliphatic rings. The monoisotopic (exact) mass is 899 g/mol. The third-order valence-corrected chi connectivity index (χ3v) is 11.6. The van der Waals surface area contributed by atoms with Crippen molar-refractivity contribution >= 4 is 52.6 Å². The van der Waals surface area contributed by atoms with Gasteiger partial charge in [-0.25, -0.2) is 9.97 Å². The van der Waals surface area contributed by atoms with Crippen molar-refractivity contribution in [2.24, 2.45) is 0 Å². The molecule has 15 nitrogen and oxygen atoms in total. The number of nitrogen functional groups attached to an aromatic ring is 2. The van der Waals surface area contributed by atoms with E-state index < -0.39 is 0 Å². The van der Waals surface area contributed by atoms with Crippen molar-refractivity contribution in [2.75, 3.05) is 91.0 Å². The summed E-state index contributed by atoms with van der Waals surface area (Å²) in [6.07, 6.45) is 11.6. The number of anilines is 2. The number of carbonyl (C=O) groups is 3. The molecule has 0 radical (unpaired) electrons. The Labute approximate surface area is 377 Å². The highest BCUT2D eigenvalue weighted by molar-refractivity contribution is 6.31. The number of nitrogens with two attached hydrogens (primary N) is 2. The number of alkyl halides is 1. The summed E-state index contributed by atoms with van der Waals surface area (Å²) in [5.41, 5.74) is 14.0. The van der Waals surface area contributed by atoms with Crippen LogP contribution in [-0.4, -0.2) is 135 Å². The average Bonchev–Trinajstić information content (AvgIpc) is 3.27. The van der Waals surface area contributed by atoms with Crippen LogP contribution in [0.4, 0.5) is 11.6 Å². The lowest BCUT2D eigenvalue weighted by Gasteiger charge is -2.30. The van der Waals surface area contributed by atoms with Crippen molar-refractivity contribution in [3.63, 3.8) is 0 Å². The maximum Gasteiger partial charge on any atom is 0.274 e. The van der Waals surface area contributed by atoms with E-state index in [0.29, 0.717) is 11.8 Å². The number of rotatable bonds is 16. The van der Waals surface area contributed by atoms with Gasteiger partial charge >= 0.3 is 0 Å². The van der Waals surface area contributed by atoms with Crippen LogP contribution >= 0.6 is 23.2 Å². The predicted molar refractivity (Wildman–Crippen MR) is 247 cm³/mol. The molecule has 3 aliphatic heterocycles. The normalized spacial score (nSPS) is 18.5. The summed E-state index contributed by atoms with van der Waals surface area (Å²) in [5.74, 6) is 0.963. The topological polar surface area (TPSA) is 195 Å². The number of hydrogen-bond donors (Lipinski definition) is 6. The Morgan fingerprint density at radius 3 is 1.73 bits per heavy atom. The number of hydrogen-bond acceptors (Lipinski definition) is 11. The fourth-order valence-electron chi connectivity index (χ4n) is 7.84. The number of aromatic nitrogens is 2. The van der Waals surface area contributed by atoms with Crippen LogP contribution < -0.4 is 41.8 Å². The van der Waals surface area contributed by atoms with Gasteiger partial charge in [0.25, 0.3) is 17.7 Å². The highest BCUT2D eigenvalue weighted by Crippen LogP contribution is 2.18. The number of aryl methyl sites for hydroxylation is 2. The van der Waals surface area contributed by atoms with E-state index in [-0.39, 0.29) is 65.5 Å². The number of halogens is 2. The number of likely N-dealkylation sites (tertiary alicyclic amines) is 3. The summed E-state index contributed by atoms with van der Waals surface area (Å²) in [7, 11) is 4.22. The molecule has 17 heteroatoms. The third-order valence-electron chi connectivity index (χ3n) is 11.4. The number of ether oxygens (including phenoxy) is 2. The maximum atomic E-state index is 12.7. The van der Waals surface area contributed by atoms with Crippen LogP contribution in [0.5, 0.6) is 11.5 Å². The second-order valence-corrected chi connectivity index (χ2v) is 16.8. The lowest BCUT2D eigenvalue weighted by molar-refractivity contribution is -0.906. The zero-order chi connectivity index (χ0) is 44.9. The van der Waals surface area contributed by atoms with Gasteiger partial charge in [-0.2, -0.15) is 0 Å². The maximum absolute atomic E-state index is 12.7. The minimum Gasteiger partial charge on any atom is -0.484 e. The lowest BCUT2D eigenvalue weighted by Crippen LogP contribution is -3.14. The molecule has 2 atom stereocenters. The number of carbonyl (C=O) groups excluding carboxylic acids is 3. The Hall–Kier alpha value is -4.41. The van der Waals surface area contributed by atoms with Gasteiger partial charge in [0.1, 0.15) is 11.5 Å². The molecule has 8 N–H and O–H groups in total. The second kappa shape index (κ2) is 26.9. The smallest absolute Gasteiger partial charge is 0.274 e. The summed E-state index contributed by atoms with van der Waals surface area (Å²) in [5, 5.41) is 9.12. The summed E-state index contributed by atoms with van der Waals surface area (Å²) >= 11 is 10.6. The van der Waals surface area contributed by atoms with Crippen LogP contribution in [0, 0.1) is 0 Å². The molecule has 342 valence electrons. The van der Waals surface area contributed by atoms with Crippen molar-refractivity contribution in [1.82, 2.24) is 35.7 Å². The highest BCUT2D eigenvalue weighted by Gasteiger charge is 2.27. The largest absolute Gasteiger partial charge is 0.484 e. The molecule has 3 saturated heterocycles. The van der Waals surface area contributed by atoms with E-state index in [1.807, 2.05) is 24.3 Å². The van der Waals surface area contributed by atoms with E-state index in [9.17, 15) is 14.4 Å². The summed E-state index contributed by atoms with van der Waals surface area (Å²) in [4.78, 5) is 50.7. The molecule has 3 fully saturated rings. The molecule has 4 heterocycles. The Bertz CT molecular complexity index is 1810. The Morgan fingerprint density at radius 1 is 0.726 bits per heavy atom. The zero-order valence-corrected chi connectivity index (χ0v) is 38.5. The molecular formula is C45H69Cl2N10O5+. The van der Waals surface area contributed by atoms with Gasteiger partial charge in [-0.3, -0.25) is 14.4 Å². The number of piperidine rings is 3. The van der Waals surface area contributed by atoms with Crippen LogP contribution in [0.1, 0.15) is 79.9 Å². The first-order valence-corrected chi connectivity index (χ1v) is 23.1. The van der Waals surface area contributed by atoms with Crippen molar-refractivity contribution in [3.8, 4) is 11.5 Å². The Kier molecular flexibility index (Phi) is 21.8. The number of quaternary nitrogens is 1. The second-order valence-electron chi connectivity index (χ2n) is 16.4. The van der Waals surface area contributed by atoms with Gasteiger partial charge in [-0.15, -0.1) is 11.6 Å². The van der Waals surface area contributed by atoms with Crippen molar-refractivity contribution in [1.29, 1.82) is 0 Å². The molecule has 62 heavy (non-hydrogen) atoms. The van der Waals surface area contributed by atoms with Gasteiger partial charge in [0.2, 0.25) is 0 Å². The van der Waals surface area contributed by atoms with Crippen LogP contribution in [0.25, 0.3) is 0 Å². The van der Waals surface area contributed by atoms with Crippen LogP contribution in [0.2, 0.25) is 5.15 Å². The van der Waals surface area contributed by atoms with Gasteiger partial charge in [-0.1, -0.05) is 49.2 Å². The molecule has 0 bridgehead atoms. The Balaban J connectivity index is 0.000000309. The molecule has 3 aromatic rings. The van der Waals surface area contributed by atoms with Crippen LogP contribution in [0.3, 0.4) is 0 Å². The molecule has 0 aliphatic carbocycles. The standard InChI is InChI=1S/C27H39ClN8O3.C17H26N2O2.CH3Cl/c1-35-14-10-19(11-15-35)31-22(37)17-39-21-8-6-18(7-9-21)4-2-12-36-13-3-5-20(16-36)32-27(38)23-25(29)34-26(30)24(28)33-23;1-3-4-14-5-7-16(8-6-14)21-13-17(20)18-15-9-11-19(2)12-10-15;1-2/h6-9,19-20H,2-5,10-17H2,1H3,(H,31,37)(H,32,38)(H4,29,30,34);5-8,15H,3-4,9-13H2,1-2H3,(H,18,20);1H3/p+1. The fraction of sp³-hybridized carbons (Fsp3) is 0.578. The van der Waals surface area contributed by atoms with E-state index in [1.54, 1.807) is 0 Å². The van der Waals surface area contributed by atoms with Crippen molar-refractivity contribution < 1.29 is 28.8 Å². The molecule has 2 aromatic carbocycles. The minimum absolute atomic E-state index is 0.00614. The molecule has 3 amide bonds. The van der Waals surface area contributed by atoms with Crippen molar-refractivity contribution in [2.45, 2.75) is 89.3 Å². The number of benzene rings is 2. The summed E-state index contributed by atoms with van der Waals surface area (Å²) in [6.45, 7) is 9.34. The molecule has 0 saturated carbocycles. The van der Waals surface area contributed by atoms with Gasteiger partial charge in [0, 0.05) is 24.9 Å². The summed E-state index contributed by atoms with van der Waals surface area (Å²) < 4.78 is 11.2. The lowest BCUT2D eigenvalue weighted by atomic mass is 10.0. The highest BCUT2D eigenvalue weighted by atomic mass is 35.5. The number of nitrogens with zero attached hydrogens (tertiary/aromatic N) is 4. The zero-order valence-electron chi connectivity index (χ0n) is 37.0. The third kappa shape index (κ3) is 17.8. The van der Waals surface area contributed by atoms with E-state index in [4.69, 9.17) is 32.5 Å². The molecule has 6 rings (SSSR count). The fourth-order valence-corrected chi connectivity index (χ4v) is 7.97. The SMILES string of the molecule is CCCc1ccc(OCC(=O)NC2CCN(C)CC2)cc1.CCl.CN1CCC(NC(=O)COc2ccc(CCC[NH+]3CCCC(NC(=O)c4nc(Cl)c(N)nc4N)C3)cc2)CC1. The van der Waals surface area contributed by atoms with Gasteiger partial charge in [0.15, 0.2) is 35.7 Å². The molecule has 0 spiro atoms. The van der Waals surface area contributed by atoms with E-state index in [2.05, 4.69) is 92.6 Å². The van der Waals surface area contributed by atoms with E-state index in [1.165, 1.54) is 22.4 Å². The average molecular weight is 901 g/mol. The molecule has 2 unspecified atom stereocenters. The first-order chi connectivity index (χ1) is 29.9.